The fraction of sp³-hybridized carbons (Fsp3) is 0.500. The number of rotatable bonds is 4. The first-order chi connectivity index (χ1) is 7.51. The highest BCUT2D eigenvalue weighted by Crippen LogP contribution is 2.23. The Morgan fingerprint density at radius 3 is 2.81 bits per heavy atom. The van der Waals surface area contributed by atoms with Crippen molar-refractivity contribution in [3.05, 3.63) is 22.4 Å². The highest BCUT2D eigenvalue weighted by atomic mass is 32.1. The average molecular weight is 236 g/mol. The molecule has 0 bridgehead atoms. The molecule has 1 heterocycles. The summed E-state index contributed by atoms with van der Waals surface area (Å²) in [6.07, 6.45) is 0.827. The van der Waals surface area contributed by atoms with Crippen LogP contribution >= 0.6 is 11.3 Å². The van der Waals surface area contributed by atoms with Gasteiger partial charge in [-0.25, -0.2) is 0 Å². The molecule has 1 aromatic rings. The molecular formula is C12H16N2OS. The average Bonchev–Trinajstić information content (AvgIpc) is 2.78. The molecule has 0 spiro atoms. The number of hydrogen-bond donors (Lipinski definition) is 1. The van der Waals surface area contributed by atoms with Crippen molar-refractivity contribution in [1.82, 2.24) is 5.32 Å². The zero-order valence-corrected chi connectivity index (χ0v) is 10.6. The van der Waals surface area contributed by atoms with E-state index in [0.29, 0.717) is 0 Å². The van der Waals surface area contributed by atoms with E-state index in [9.17, 15) is 4.79 Å². The minimum absolute atomic E-state index is 0.0140. The lowest BCUT2D eigenvalue weighted by atomic mass is 9.94. The summed E-state index contributed by atoms with van der Waals surface area (Å²) < 4.78 is 0. The third kappa shape index (κ3) is 2.83. The second kappa shape index (κ2) is 5.13. The second-order valence-electron chi connectivity index (χ2n) is 4.19. The lowest BCUT2D eigenvalue weighted by Gasteiger charge is -2.21. The number of carbonyl (C=O) groups is 1. The second-order valence-corrected chi connectivity index (χ2v) is 5.17. The van der Waals surface area contributed by atoms with Gasteiger partial charge in [0.05, 0.1) is 12.1 Å². The number of thiophene rings is 1. The van der Waals surface area contributed by atoms with Gasteiger partial charge in [-0.05, 0) is 31.7 Å². The van der Waals surface area contributed by atoms with Gasteiger partial charge in [0, 0.05) is 4.88 Å². The van der Waals surface area contributed by atoms with Crippen molar-refractivity contribution < 1.29 is 4.79 Å². The molecule has 0 radical (unpaired) electrons. The van der Waals surface area contributed by atoms with E-state index >= 15 is 0 Å². The summed E-state index contributed by atoms with van der Waals surface area (Å²) in [6, 6.07) is 5.98. The molecular weight excluding hydrogens is 220 g/mol. The quantitative estimate of drug-likeness (QED) is 0.874. The van der Waals surface area contributed by atoms with E-state index in [4.69, 9.17) is 5.26 Å². The molecule has 4 heteroatoms. The third-order valence-electron chi connectivity index (χ3n) is 2.45. The van der Waals surface area contributed by atoms with E-state index < -0.39 is 5.41 Å². The van der Waals surface area contributed by atoms with Gasteiger partial charge in [-0.15, -0.1) is 11.3 Å². The number of carbonyl (C=O) groups excluding carboxylic acids is 1. The molecule has 16 heavy (non-hydrogen) atoms. The molecule has 3 nitrogen and oxygen atoms in total. The Morgan fingerprint density at radius 2 is 2.38 bits per heavy atom. The largest absolute Gasteiger partial charge is 0.347 e. The number of hydrogen-bond acceptors (Lipinski definition) is 3. The maximum Gasteiger partial charge on any atom is 0.240 e. The smallest absolute Gasteiger partial charge is 0.240 e. The lowest BCUT2D eigenvalue weighted by Crippen LogP contribution is -2.37. The summed E-state index contributed by atoms with van der Waals surface area (Å²) in [7, 11) is 0. The van der Waals surface area contributed by atoms with Crippen LogP contribution in [0.1, 0.15) is 38.1 Å². The standard InChI is InChI=1S/C12H16N2OS/c1-4-9(10-6-5-7-16-10)14-11(15)12(2,3)8-13/h5-7,9H,4H2,1-3H3,(H,14,15). The van der Waals surface area contributed by atoms with Crippen LogP contribution in [0, 0.1) is 16.7 Å². The van der Waals surface area contributed by atoms with Gasteiger partial charge in [0.1, 0.15) is 5.41 Å². The molecule has 1 aromatic heterocycles. The zero-order valence-electron chi connectivity index (χ0n) is 9.78. The van der Waals surface area contributed by atoms with Crippen LogP contribution in [-0.4, -0.2) is 5.91 Å². The molecule has 1 amide bonds. The molecule has 0 saturated heterocycles. The fourth-order valence-electron chi connectivity index (χ4n) is 1.25. The highest BCUT2D eigenvalue weighted by molar-refractivity contribution is 7.10. The Balaban J connectivity index is 2.73. The number of amides is 1. The van der Waals surface area contributed by atoms with Crippen molar-refractivity contribution in [2.45, 2.75) is 33.2 Å². The van der Waals surface area contributed by atoms with Crippen LogP contribution in [0.15, 0.2) is 17.5 Å². The SMILES string of the molecule is CCC(NC(=O)C(C)(C)C#N)c1cccs1. The maximum atomic E-state index is 11.8. The van der Waals surface area contributed by atoms with E-state index in [1.54, 1.807) is 25.2 Å². The van der Waals surface area contributed by atoms with Crippen LogP contribution in [0.3, 0.4) is 0 Å². The summed E-state index contributed by atoms with van der Waals surface area (Å²) in [5, 5.41) is 13.8. The van der Waals surface area contributed by atoms with E-state index in [1.165, 1.54) is 0 Å². The third-order valence-corrected chi connectivity index (χ3v) is 3.43. The molecule has 1 atom stereocenters. The van der Waals surface area contributed by atoms with Gasteiger partial charge < -0.3 is 5.32 Å². The topological polar surface area (TPSA) is 52.9 Å². The zero-order chi connectivity index (χ0) is 12.2. The van der Waals surface area contributed by atoms with Crippen LogP contribution in [0.4, 0.5) is 0 Å². The van der Waals surface area contributed by atoms with Gasteiger partial charge in [-0.2, -0.15) is 5.26 Å². The minimum atomic E-state index is -0.968. The first-order valence-corrected chi connectivity index (χ1v) is 6.15. The van der Waals surface area contributed by atoms with Crippen LogP contribution in [0.2, 0.25) is 0 Å². The van der Waals surface area contributed by atoms with Crippen LogP contribution in [-0.2, 0) is 4.79 Å². The summed E-state index contributed by atoms with van der Waals surface area (Å²) in [4.78, 5) is 13.0. The molecule has 86 valence electrons. The van der Waals surface area contributed by atoms with E-state index in [0.717, 1.165) is 11.3 Å². The van der Waals surface area contributed by atoms with Crippen LogP contribution in [0.25, 0.3) is 0 Å². The molecule has 0 aliphatic heterocycles. The Labute approximate surface area is 100 Å². The molecule has 0 aliphatic rings. The number of nitrogens with zero attached hydrogens (tertiary/aromatic N) is 1. The van der Waals surface area contributed by atoms with Crippen molar-refractivity contribution in [2.24, 2.45) is 5.41 Å². The summed E-state index contributed by atoms with van der Waals surface area (Å²) >= 11 is 1.62. The molecule has 0 aliphatic carbocycles. The van der Waals surface area contributed by atoms with Crippen molar-refractivity contribution in [3.63, 3.8) is 0 Å². The van der Waals surface area contributed by atoms with E-state index in [-0.39, 0.29) is 11.9 Å². The molecule has 0 saturated carbocycles. The first kappa shape index (κ1) is 12.7. The molecule has 0 fully saturated rings. The normalized spacial score (nSPS) is 12.9. The van der Waals surface area contributed by atoms with Crippen molar-refractivity contribution in [1.29, 1.82) is 5.26 Å². The van der Waals surface area contributed by atoms with Crippen molar-refractivity contribution in [2.75, 3.05) is 0 Å². The Morgan fingerprint density at radius 1 is 1.69 bits per heavy atom. The first-order valence-electron chi connectivity index (χ1n) is 5.27. The number of nitrogens with one attached hydrogen (secondary N) is 1. The van der Waals surface area contributed by atoms with Gasteiger partial charge in [0.2, 0.25) is 5.91 Å². The molecule has 1 N–H and O–H groups in total. The maximum absolute atomic E-state index is 11.8. The fourth-order valence-corrected chi connectivity index (χ4v) is 2.11. The van der Waals surface area contributed by atoms with Gasteiger partial charge in [-0.3, -0.25) is 4.79 Å². The minimum Gasteiger partial charge on any atom is -0.347 e. The Kier molecular flexibility index (Phi) is 4.08. The number of nitriles is 1. The van der Waals surface area contributed by atoms with Crippen LogP contribution < -0.4 is 5.32 Å². The van der Waals surface area contributed by atoms with Gasteiger partial charge in [-0.1, -0.05) is 13.0 Å². The summed E-state index contributed by atoms with van der Waals surface area (Å²) in [5.41, 5.74) is -0.968. The predicted molar refractivity (Wildman–Crippen MR) is 64.9 cm³/mol. The Hall–Kier alpha value is -1.34. The van der Waals surface area contributed by atoms with Gasteiger partial charge >= 0.3 is 0 Å². The van der Waals surface area contributed by atoms with Crippen molar-refractivity contribution in [3.8, 4) is 6.07 Å². The van der Waals surface area contributed by atoms with E-state index in [1.807, 2.05) is 30.5 Å². The molecule has 1 rings (SSSR count). The van der Waals surface area contributed by atoms with Crippen molar-refractivity contribution >= 4 is 17.2 Å². The van der Waals surface area contributed by atoms with E-state index in [2.05, 4.69) is 5.32 Å². The van der Waals surface area contributed by atoms with Gasteiger partial charge in [0.15, 0.2) is 0 Å². The molecule has 0 aromatic carbocycles. The van der Waals surface area contributed by atoms with Crippen LogP contribution in [0.5, 0.6) is 0 Å². The summed E-state index contributed by atoms with van der Waals surface area (Å²) in [5.74, 6) is -0.213. The predicted octanol–water partition coefficient (Wildman–Crippen LogP) is 2.87. The highest BCUT2D eigenvalue weighted by Gasteiger charge is 2.29. The van der Waals surface area contributed by atoms with Gasteiger partial charge in [0.25, 0.3) is 0 Å². The Bertz CT molecular complexity index is 390. The lowest BCUT2D eigenvalue weighted by molar-refractivity contribution is -0.127. The monoisotopic (exact) mass is 236 g/mol. The summed E-state index contributed by atoms with van der Waals surface area (Å²) in [6.45, 7) is 5.27. The molecule has 1 unspecified atom stereocenters.